The first-order chi connectivity index (χ1) is 12.9. The lowest BCUT2D eigenvalue weighted by Crippen LogP contribution is -2.52. The quantitative estimate of drug-likeness (QED) is 0.744. The molecule has 2 aliphatic heterocycles. The molecule has 0 aromatic heterocycles. The Morgan fingerprint density at radius 1 is 1.21 bits per heavy atom. The van der Waals surface area contributed by atoms with Crippen LogP contribution in [0.2, 0.25) is 0 Å². The molecule has 28 heavy (non-hydrogen) atoms. The maximum Gasteiger partial charge on any atom is 0.243 e. The van der Waals surface area contributed by atoms with E-state index in [1.807, 2.05) is 6.92 Å². The van der Waals surface area contributed by atoms with Crippen LogP contribution in [0.1, 0.15) is 31.7 Å². The van der Waals surface area contributed by atoms with Crippen molar-refractivity contribution >= 4 is 34.0 Å². The molecule has 3 rings (SSSR count). The second kappa shape index (κ2) is 10.0. The lowest BCUT2D eigenvalue weighted by Gasteiger charge is -2.33. The number of piperidine rings is 1. The molecule has 0 spiro atoms. The standard InChI is InChI=1S/C19H30N4O3S.ClH/c1-15-6-7-17(27(25,26)23-9-4-3-5-10-23)12-18(15)21-19(24)14-22-11-8-20-13-16(22)2;/h6-7,12,16,20H,3-5,8-11,13-14H2,1-2H3,(H,21,24);1H/t16-;/m1./s1. The number of piperazine rings is 1. The molecule has 1 atom stereocenters. The predicted octanol–water partition coefficient (Wildman–Crippen LogP) is 1.82. The molecule has 0 saturated carbocycles. The molecular formula is C19H31ClN4O3S. The van der Waals surface area contributed by atoms with Crippen LogP contribution in [0.15, 0.2) is 23.1 Å². The predicted molar refractivity (Wildman–Crippen MR) is 114 cm³/mol. The molecule has 0 radical (unpaired) electrons. The number of anilines is 1. The summed E-state index contributed by atoms with van der Waals surface area (Å²) < 4.78 is 27.3. The van der Waals surface area contributed by atoms with E-state index in [0.29, 0.717) is 31.4 Å². The first-order valence-electron chi connectivity index (χ1n) is 9.73. The molecular weight excluding hydrogens is 400 g/mol. The molecule has 158 valence electrons. The minimum atomic E-state index is -3.51. The number of nitrogens with zero attached hydrogens (tertiary/aromatic N) is 2. The molecule has 1 amide bonds. The number of benzene rings is 1. The van der Waals surface area contributed by atoms with E-state index in [9.17, 15) is 13.2 Å². The summed E-state index contributed by atoms with van der Waals surface area (Å²) in [5.41, 5.74) is 1.43. The molecule has 2 saturated heterocycles. The van der Waals surface area contributed by atoms with Crippen molar-refractivity contribution in [3.63, 3.8) is 0 Å². The fourth-order valence-corrected chi connectivity index (χ4v) is 5.19. The van der Waals surface area contributed by atoms with Crippen molar-refractivity contribution in [2.75, 3.05) is 44.6 Å². The van der Waals surface area contributed by atoms with Crippen LogP contribution in [-0.2, 0) is 14.8 Å². The molecule has 9 heteroatoms. The molecule has 0 bridgehead atoms. The first kappa shape index (κ1) is 23.1. The van der Waals surface area contributed by atoms with Crippen LogP contribution in [0.25, 0.3) is 0 Å². The maximum atomic E-state index is 12.9. The van der Waals surface area contributed by atoms with Gasteiger partial charge in [-0.3, -0.25) is 9.69 Å². The van der Waals surface area contributed by atoms with E-state index in [0.717, 1.165) is 44.5 Å². The molecule has 2 N–H and O–H groups in total. The summed E-state index contributed by atoms with van der Waals surface area (Å²) in [6.45, 7) is 7.99. The summed E-state index contributed by atoms with van der Waals surface area (Å²) in [6.07, 6.45) is 2.88. The van der Waals surface area contributed by atoms with Crippen LogP contribution in [-0.4, -0.2) is 68.8 Å². The van der Waals surface area contributed by atoms with Gasteiger partial charge in [0.05, 0.1) is 11.4 Å². The van der Waals surface area contributed by atoms with E-state index < -0.39 is 10.0 Å². The normalized spacial score (nSPS) is 21.7. The van der Waals surface area contributed by atoms with E-state index in [4.69, 9.17) is 0 Å². The SMILES string of the molecule is Cc1ccc(S(=O)(=O)N2CCCCC2)cc1NC(=O)CN1CCNC[C@H]1C.Cl. The fourth-order valence-electron chi connectivity index (χ4n) is 3.64. The van der Waals surface area contributed by atoms with Crippen LogP contribution in [0, 0.1) is 6.92 Å². The minimum Gasteiger partial charge on any atom is -0.325 e. The number of aryl methyl sites for hydroxylation is 1. The van der Waals surface area contributed by atoms with Crippen molar-refractivity contribution in [3.05, 3.63) is 23.8 Å². The Hall–Kier alpha value is -1.19. The summed E-state index contributed by atoms with van der Waals surface area (Å²) in [4.78, 5) is 14.9. The highest BCUT2D eigenvalue weighted by molar-refractivity contribution is 7.89. The van der Waals surface area contributed by atoms with Crippen molar-refractivity contribution in [2.45, 2.75) is 44.0 Å². The number of sulfonamides is 1. The van der Waals surface area contributed by atoms with Crippen LogP contribution >= 0.6 is 12.4 Å². The van der Waals surface area contributed by atoms with E-state index in [1.165, 1.54) is 0 Å². The Balaban J connectivity index is 0.00000280. The molecule has 2 heterocycles. The Kier molecular flexibility index (Phi) is 8.27. The third-order valence-electron chi connectivity index (χ3n) is 5.42. The highest BCUT2D eigenvalue weighted by atomic mass is 35.5. The van der Waals surface area contributed by atoms with Crippen molar-refractivity contribution in [3.8, 4) is 0 Å². The highest BCUT2D eigenvalue weighted by Crippen LogP contribution is 2.25. The first-order valence-corrected chi connectivity index (χ1v) is 11.2. The topological polar surface area (TPSA) is 81.8 Å². The van der Waals surface area contributed by atoms with E-state index in [2.05, 4.69) is 22.5 Å². The number of nitrogens with one attached hydrogen (secondary N) is 2. The summed E-state index contributed by atoms with van der Waals surface area (Å²) in [5.74, 6) is -0.112. The average Bonchev–Trinajstić information content (AvgIpc) is 2.66. The lowest BCUT2D eigenvalue weighted by molar-refractivity contribution is -0.118. The van der Waals surface area contributed by atoms with Gasteiger partial charge >= 0.3 is 0 Å². The molecule has 1 aromatic rings. The van der Waals surface area contributed by atoms with Gasteiger partial charge < -0.3 is 10.6 Å². The third-order valence-corrected chi connectivity index (χ3v) is 7.32. The van der Waals surface area contributed by atoms with Crippen LogP contribution < -0.4 is 10.6 Å². The second-order valence-electron chi connectivity index (χ2n) is 7.51. The van der Waals surface area contributed by atoms with Crippen LogP contribution in [0.3, 0.4) is 0 Å². The number of carbonyl (C=O) groups excluding carboxylic acids is 1. The summed E-state index contributed by atoms with van der Waals surface area (Å²) >= 11 is 0. The van der Waals surface area contributed by atoms with Gasteiger partial charge in [-0.25, -0.2) is 8.42 Å². The van der Waals surface area contributed by atoms with Crippen molar-refractivity contribution in [1.29, 1.82) is 0 Å². The minimum absolute atomic E-state index is 0. The fraction of sp³-hybridized carbons (Fsp3) is 0.632. The van der Waals surface area contributed by atoms with Crippen LogP contribution in [0.4, 0.5) is 5.69 Å². The van der Waals surface area contributed by atoms with Gasteiger partial charge in [0.25, 0.3) is 0 Å². The number of halogens is 1. The van der Waals surface area contributed by atoms with E-state index >= 15 is 0 Å². The van der Waals surface area contributed by atoms with Crippen molar-refractivity contribution < 1.29 is 13.2 Å². The van der Waals surface area contributed by atoms with Gasteiger partial charge in [0, 0.05) is 44.5 Å². The summed E-state index contributed by atoms with van der Waals surface area (Å²) in [6, 6.07) is 5.29. The van der Waals surface area contributed by atoms with Crippen LogP contribution in [0.5, 0.6) is 0 Å². The smallest absolute Gasteiger partial charge is 0.243 e. The molecule has 2 aliphatic rings. The summed E-state index contributed by atoms with van der Waals surface area (Å²) in [5, 5.41) is 6.22. The molecule has 0 unspecified atom stereocenters. The average molecular weight is 431 g/mol. The molecule has 2 fully saturated rings. The summed E-state index contributed by atoms with van der Waals surface area (Å²) in [7, 11) is -3.51. The molecule has 1 aromatic carbocycles. The number of hydrogen-bond acceptors (Lipinski definition) is 5. The zero-order valence-corrected chi connectivity index (χ0v) is 18.2. The lowest BCUT2D eigenvalue weighted by atomic mass is 10.2. The molecule has 0 aliphatic carbocycles. The number of carbonyl (C=O) groups is 1. The van der Waals surface area contributed by atoms with Gasteiger partial charge in [0.1, 0.15) is 0 Å². The zero-order chi connectivity index (χ0) is 19.4. The van der Waals surface area contributed by atoms with Gasteiger partial charge in [-0.05, 0) is 44.4 Å². The van der Waals surface area contributed by atoms with Gasteiger partial charge in [-0.1, -0.05) is 12.5 Å². The monoisotopic (exact) mass is 430 g/mol. The Labute approximate surface area is 174 Å². The van der Waals surface area contributed by atoms with E-state index in [-0.39, 0.29) is 23.2 Å². The second-order valence-corrected chi connectivity index (χ2v) is 9.45. The Bertz CT molecular complexity index is 781. The number of rotatable bonds is 5. The van der Waals surface area contributed by atoms with Gasteiger partial charge in [-0.2, -0.15) is 4.31 Å². The van der Waals surface area contributed by atoms with Crippen molar-refractivity contribution in [2.24, 2.45) is 0 Å². The van der Waals surface area contributed by atoms with Gasteiger partial charge in [-0.15, -0.1) is 12.4 Å². The third kappa shape index (κ3) is 5.45. The molecule has 7 nitrogen and oxygen atoms in total. The van der Waals surface area contributed by atoms with Gasteiger partial charge in [0.15, 0.2) is 0 Å². The van der Waals surface area contributed by atoms with Gasteiger partial charge in [0.2, 0.25) is 15.9 Å². The highest BCUT2D eigenvalue weighted by Gasteiger charge is 2.27. The number of hydrogen-bond donors (Lipinski definition) is 2. The largest absolute Gasteiger partial charge is 0.325 e. The Morgan fingerprint density at radius 3 is 2.61 bits per heavy atom. The Morgan fingerprint density at radius 2 is 1.93 bits per heavy atom. The maximum absolute atomic E-state index is 12.9. The van der Waals surface area contributed by atoms with E-state index in [1.54, 1.807) is 22.5 Å². The zero-order valence-electron chi connectivity index (χ0n) is 16.6. The number of amides is 1. The van der Waals surface area contributed by atoms with Crippen molar-refractivity contribution in [1.82, 2.24) is 14.5 Å².